The molecule has 2 rings (SSSR count). The average Bonchev–Trinajstić information content (AvgIpc) is 2.80. The van der Waals surface area contributed by atoms with Gasteiger partial charge in [-0.05, 0) is 38.5 Å². The molecule has 0 aliphatic carbocycles. The molecule has 0 N–H and O–H groups in total. The highest BCUT2D eigenvalue weighted by Gasteiger charge is 2.23. The van der Waals surface area contributed by atoms with Gasteiger partial charge in [0, 0.05) is 11.3 Å². The van der Waals surface area contributed by atoms with E-state index in [0.717, 1.165) is 22.5 Å². The van der Waals surface area contributed by atoms with Crippen LogP contribution < -0.4 is 0 Å². The van der Waals surface area contributed by atoms with Crippen LogP contribution >= 0.6 is 0 Å². The summed E-state index contributed by atoms with van der Waals surface area (Å²) >= 11 is 0. The number of hydrogen-bond acceptors (Lipinski definition) is 4. The second-order valence-electron chi connectivity index (χ2n) is 5.30. The molecule has 2 aromatic rings. The molecule has 0 spiro atoms. The van der Waals surface area contributed by atoms with E-state index in [9.17, 15) is 4.79 Å². The summed E-state index contributed by atoms with van der Waals surface area (Å²) in [6, 6.07) is 9.57. The zero-order valence-electron chi connectivity index (χ0n) is 13.3. The van der Waals surface area contributed by atoms with Crippen molar-refractivity contribution < 1.29 is 9.53 Å². The number of hydrogen-bond donors (Lipinski definition) is 0. The molecule has 0 fully saturated rings. The third-order valence-corrected chi connectivity index (χ3v) is 3.81. The van der Waals surface area contributed by atoms with Crippen LogP contribution in [0.4, 0.5) is 0 Å². The first-order valence-corrected chi connectivity index (χ1v) is 7.08. The number of benzene rings is 1. The van der Waals surface area contributed by atoms with E-state index in [1.807, 2.05) is 43.7 Å². The zero-order valence-corrected chi connectivity index (χ0v) is 13.3. The van der Waals surface area contributed by atoms with Crippen molar-refractivity contribution in [2.75, 3.05) is 7.11 Å². The summed E-state index contributed by atoms with van der Waals surface area (Å²) in [7, 11) is 1.39. The first-order chi connectivity index (χ1) is 10.5. The Morgan fingerprint density at radius 1 is 1.45 bits per heavy atom. The quantitative estimate of drug-likeness (QED) is 0.814. The van der Waals surface area contributed by atoms with Crippen LogP contribution in [0, 0.1) is 25.2 Å². The molecule has 0 aliphatic rings. The first-order valence-electron chi connectivity index (χ1n) is 7.08. The Labute approximate surface area is 130 Å². The number of carbonyl (C=O) groups excluding carboxylic acids is 1. The van der Waals surface area contributed by atoms with Gasteiger partial charge in [-0.1, -0.05) is 12.1 Å². The molecule has 0 saturated heterocycles. The topological polar surface area (TPSA) is 67.9 Å². The predicted molar refractivity (Wildman–Crippen MR) is 82.4 cm³/mol. The molecule has 0 radical (unpaired) electrons. The normalized spacial score (nSPS) is 11.8. The fourth-order valence-electron chi connectivity index (χ4n) is 2.70. The van der Waals surface area contributed by atoms with Crippen molar-refractivity contribution in [1.82, 2.24) is 9.78 Å². The monoisotopic (exact) mass is 297 g/mol. The molecule has 22 heavy (non-hydrogen) atoms. The number of methoxy groups -OCH3 is 1. The van der Waals surface area contributed by atoms with Crippen LogP contribution in [0.3, 0.4) is 0 Å². The van der Waals surface area contributed by atoms with Crippen LogP contribution in [-0.4, -0.2) is 22.9 Å². The van der Waals surface area contributed by atoms with Crippen LogP contribution in [0.25, 0.3) is 0 Å². The van der Waals surface area contributed by atoms with Crippen molar-refractivity contribution in [2.45, 2.75) is 33.2 Å². The maximum Gasteiger partial charge on any atom is 0.312 e. The number of carbonyl (C=O) groups is 1. The number of nitrogens with zero attached hydrogens (tertiary/aromatic N) is 3. The van der Waals surface area contributed by atoms with Crippen LogP contribution in [0.15, 0.2) is 24.3 Å². The van der Waals surface area contributed by atoms with E-state index >= 15 is 0 Å². The number of aromatic nitrogens is 2. The fourth-order valence-corrected chi connectivity index (χ4v) is 2.70. The Kier molecular flexibility index (Phi) is 4.62. The zero-order chi connectivity index (χ0) is 16.3. The highest BCUT2D eigenvalue weighted by Crippen LogP contribution is 2.25. The minimum absolute atomic E-state index is 0.266. The van der Waals surface area contributed by atoms with Crippen LogP contribution in [-0.2, 0) is 16.1 Å². The lowest BCUT2D eigenvalue weighted by atomic mass is 9.99. The molecule has 0 saturated carbocycles. The van der Waals surface area contributed by atoms with Gasteiger partial charge >= 0.3 is 5.97 Å². The molecule has 1 aromatic heterocycles. The molecule has 1 heterocycles. The van der Waals surface area contributed by atoms with Crippen molar-refractivity contribution in [1.29, 1.82) is 5.26 Å². The maximum atomic E-state index is 11.8. The van der Waals surface area contributed by atoms with E-state index in [4.69, 9.17) is 10.00 Å². The van der Waals surface area contributed by atoms with Gasteiger partial charge in [-0.25, -0.2) is 0 Å². The second kappa shape index (κ2) is 6.44. The number of aryl methyl sites for hydroxylation is 1. The van der Waals surface area contributed by atoms with Crippen LogP contribution in [0.5, 0.6) is 0 Å². The standard InChI is InChI=1S/C17H19N3O2/c1-11(17(21)22-4)16-12(2)19-20(13(16)3)10-15-7-5-6-14(8-15)9-18/h5-8,11H,10H2,1-4H3. The van der Waals surface area contributed by atoms with Crippen molar-refractivity contribution in [2.24, 2.45) is 0 Å². The Hall–Kier alpha value is -2.61. The van der Waals surface area contributed by atoms with Crippen LogP contribution in [0.1, 0.15) is 40.9 Å². The van der Waals surface area contributed by atoms with E-state index in [0.29, 0.717) is 12.1 Å². The van der Waals surface area contributed by atoms with E-state index in [2.05, 4.69) is 11.2 Å². The average molecular weight is 297 g/mol. The largest absolute Gasteiger partial charge is 0.469 e. The summed E-state index contributed by atoms with van der Waals surface area (Å²) in [5, 5.41) is 13.5. The van der Waals surface area contributed by atoms with Gasteiger partial charge in [-0.3, -0.25) is 9.48 Å². The molecular formula is C17H19N3O2. The Balaban J connectivity index is 2.34. The van der Waals surface area contributed by atoms with Gasteiger partial charge < -0.3 is 4.74 Å². The van der Waals surface area contributed by atoms with Crippen molar-refractivity contribution >= 4 is 5.97 Å². The van der Waals surface area contributed by atoms with E-state index in [-0.39, 0.29) is 11.9 Å². The predicted octanol–water partition coefficient (Wildman–Crippen LogP) is 2.70. The number of ether oxygens (including phenoxy) is 1. The highest BCUT2D eigenvalue weighted by molar-refractivity contribution is 5.78. The molecular weight excluding hydrogens is 278 g/mol. The number of nitriles is 1. The SMILES string of the molecule is COC(=O)C(C)c1c(C)nn(Cc2cccc(C#N)c2)c1C. The van der Waals surface area contributed by atoms with Crippen molar-refractivity contribution in [3.05, 3.63) is 52.3 Å². The molecule has 0 aliphatic heterocycles. The Morgan fingerprint density at radius 2 is 2.18 bits per heavy atom. The molecule has 1 atom stereocenters. The second-order valence-corrected chi connectivity index (χ2v) is 5.30. The van der Waals surface area contributed by atoms with Gasteiger partial charge in [0.2, 0.25) is 0 Å². The molecule has 5 heteroatoms. The smallest absolute Gasteiger partial charge is 0.312 e. The van der Waals surface area contributed by atoms with Gasteiger partial charge in [-0.2, -0.15) is 10.4 Å². The minimum atomic E-state index is -0.343. The summed E-state index contributed by atoms with van der Waals surface area (Å²) in [5.41, 5.74) is 4.30. The minimum Gasteiger partial charge on any atom is -0.469 e. The lowest BCUT2D eigenvalue weighted by Crippen LogP contribution is -2.13. The highest BCUT2D eigenvalue weighted by atomic mass is 16.5. The summed E-state index contributed by atoms with van der Waals surface area (Å²) in [4.78, 5) is 11.8. The maximum absolute atomic E-state index is 11.8. The fraction of sp³-hybridized carbons (Fsp3) is 0.353. The van der Waals surface area contributed by atoms with E-state index in [1.165, 1.54) is 7.11 Å². The Morgan fingerprint density at radius 3 is 2.82 bits per heavy atom. The third-order valence-electron chi connectivity index (χ3n) is 3.81. The molecule has 114 valence electrons. The number of rotatable bonds is 4. The molecule has 0 amide bonds. The molecule has 1 aromatic carbocycles. The summed E-state index contributed by atoms with van der Waals surface area (Å²) < 4.78 is 6.68. The van der Waals surface area contributed by atoms with E-state index < -0.39 is 0 Å². The summed E-state index contributed by atoms with van der Waals surface area (Å²) in [6.45, 7) is 6.23. The number of esters is 1. The van der Waals surface area contributed by atoms with Gasteiger partial charge in [-0.15, -0.1) is 0 Å². The van der Waals surface area contributed by atoms with Gasteiger partial charge in [0.15, 0.2) is 0 Å². The lowest BCUT2D eigenvalue weighted by molar-refractivity contribution is -0.142. The third kappa shape index (κ3) is 3.01. The molecule has 5 nitrogen and oxygen atoms in total. The first kappa shape index (κ1) is 15.8. The summed E-state index contributed by atoms with van der Waals surface area (Å²) in [6.07, 6.45) is 0. The van der Waals surface area contributed by atoms with Gasteiger partial charge in [0.05, 0.1) is 36.9 Å². The van der Waals surface area contributed by atoms with Gasteiger partial charge in [0.1, 0.15) is 0 Å². The van der Waals surface area contributed by atoms with Crippen molar-refractivity contribution in [3.63, 3.8) is 0 Å². The lowest BCUT2D eigenvalue weighted by Gasteiger charge is -2.10. The van der Waals surface area contributed by atoms with Crippen molar-refractivity contribution in [3.8, 4) is 6.07 Å². The Bertz CT molecular complexity index is 741. The molecule has 1 unspecified atom stereocenters. The molecule has 0 bridgehead atoms. The van der Waals surface area contributed by atoms with Gasteiger partial charge in [0.25, 0.3) is 0 Å². The van der Waals surface area contributed by atoms with E-state index in [1.54, 1.807) is 6.07 Å². The van der Waals surface area contributed by atoms with Crippen LogP contribution in [0.2, 0.25) is 0 Å². The summed E-state index contributed by atoms with van der Waals surface area (Å²) in [5.74, 6) is -0.610.